The van der Waals surface area contributed by atoms with Crippen LogP contribution in [0.5, 0.6) is 0 Å². The molecule has 0 spiro atoms. The zero-order valence-electron chi connectivity index (χ0n) is 9.06. The van der Waals surface area contributed by atoms with E-state index in [0.29, 0.717) is 18.6 Å². The summed E-state index contributed by atoms with van der Waals surface area (Å²) < 4.78 is 0. The molecule has 2 aromatic rings. The number of Topliss-reactive ketones (excluding diaryl/α,β-unsaturated/α-hetero) is 1. The maximum Gasteiger partial charge on any atom is 0.137 e. The summed E-state index contributed by atoms with van der Waals surface area (Å²) >= 11 is 1.72. The van der Waals surface area contributed by atoms with Gasteiger partial charge in [-0.05, 0) is 23.4 Å². The Bertz CT molecular complexity index is 431. The largest absolute Gasteiger partial charge is 0.299 e. The first kappa shape index (κ1) is 11.1. The molecule has 2 rings (SSSR count). The van der Waals surface area contributed by atoms with Crippen LogP contribution < -0.4 is 0 Å². The van der Waals surface area contributed by atoms with Crippen molar-refractivity contribution < 1.29 is 4.79 Å². The third kappa shape index (κ3) is 3.31. The summed E-state index contributed by atoms with van der Waals surface area (Å²) in [7, 11) is 0. The molecule has 1 nitrogen and oxygen atoms in total. The van der Waals surface area contributed by atoms with E-state index >= 15 is 0 Å². The third-order valence-electron chi connectivity index (χ3n) is 2.47. The average molecular weight is 230 g/mol. The predicted molar refractivity (Wildman–Crippen MR) is 67.8 cm³/mol. The molecular weight excluding hydrogens is 216 g/mol. The molecule has 0 aliphatic carbocycles. The van der Waals surface area contributed by atoms with Gasteiger partial charge in [0.15, 0.2) is 0 Å². The van der Waals surface area contributed by atoms with E-state index in [-0.39, 0.29) is 0 Å². The van der Waals surface area contributed by atoms with Crippen molar-refractivity contribution >= 4 is 17.1 Å². The first-order valence-electron chi connectivity index (χ1n) is 5.42. The van der Waals surface area contributed by atoms with Crippen molar-refractivity contribution in [2.45, 2.75) is 19.3 Å². The Hall–Kier alpha value is -1.41. The van der Waals surface area contributed by atoms with Gasteiger partial charge in [-0.15, -0.1) is 11.3 Å². The van der Waals surface area contributed by atoms with Crippen molar-refractivity contribution in [1.82, 2.24) is 0 Å². The predicted octanol–water partition coefficient (Wildman–Crippen LogP) is 3.49. The average Bonchev–Trinajstić information content (AvgIpc) is 2.81. The molecule has 0 radical (unpaired) electrons. The van der Waals surface area contributed by atoms with Gasteiger partial charge in [0.25, 0.3) is 0 Å². The minimum Gasteiger partial charge on any atom is -0.299 e. The summed E-state index contributed by atoms with van der Waals surface area (Å²) in [6, 6.07) is 14.0. The van der Waals surface area contributed by atoms with Crippen molar-refractivity contribution in [2.24, 2.45) is 0 Å². The number of carbonyl (C=O) groups excluding carboxylic acids is 1. The highest BCUT2D eigenvalue weighted by Crippen LogP contribution is 2.12. The fourth-order valence-corrected chi connectivity index (χ4v) is 2.34. The second-order valence-corrected chi connectivity index (χ2v) is 4.81. The van der Waals surface area contributed by atoms with E-state index in [1.165, 1.54) is 4.88 Å². The van der Waals surface area contributed by atoms with E-state index in [1.54, 1.807) is 11.3 Å². The third-order valence-corrected chi connectivity index (χ3v) is 3.41. The Morgan fingerprint density at radius 3 is 2.56 bits per heavy atom. The molecule has 0 fully saturated rings. The number of aryl methyl sites for hydroxylation is 1. The summed E-state index contributed by atoms with van der Waals surface area (Å²) in [5.41, 5.74) is 1.11. The monoisotopic (exact) mass is 230 g/mol. The molecule has 0 atom stereocenters. The molecule has 82 valence electrons. The van der Waals surface area contributed by atoms with E-state index in [9.17, 15) is 4.79 Å². The Morgan fingerprint density at radius 2 is 1.88 bits per heavy atom. The minimum atomic E-state index is 0.319. The Kier molecular flexibility index (Phi) is 3.89. The summed E-state index contributed by atoms with van der Waals surface area (Å²) in [5.74, 6) is 0.319. The van der Waals surface area contributed by atoms with E-state index in [1.807, 2.05) is 36.4 Å². The molecule has 16 heavy (non-hydrogen) atoms. The van der Waals surface area contributed by atoms with Gasteiger partial charge in [0, 0.05) is 17.7 Å². The quantitative estimate of drug-likeness (QED) is 0.768. The van der Waals surface area contributed by atoms with Crippen LogP contribution in [0.1, 0.15) is 16.9 Å². The van der Waals surface area contributed by atoms with E-state index in [0.717, 1.165) is 12.0 Å². The van der Waals surface area contributed by atoms with Crippen LogP contribution in [0, 0.1) is 0 Å². The van der Waals surface area contributed by atoms with Gasteiger partial charge in [0.2, 0.25) is 0 Å². The minimum absolute atomic E-state index is 0.319. The van der Waals surface area contributed by atoms with Crippen molar-refractivity contribution in [3.05, 3.63) is 58.3 Å². The van der Waals surface area contributed by atoms with Crippen LogP contribution in [0.2, 0.25) is 0 Å². The van der Waals surface area contributed by atoms with Crippen molar-refractivity contribution in [1.29, 1.82) is 0 Å². The normalized spacial score (nSPS) is 10.2. The lowest BCUT2D eigenvalue weighted by molar-refractivity contribution is -0.118. The highest BCUT2D eigenvalue weighted by atomic mass is 32.1. The van der Waals surface area contributed by atoms with Gasteiger partial charge in [0.05, 0.1) is 0 Å². The molecule has 2 heteroatoms. The van der Waals surface area contributed by atoms with Gasteiger partial charge in [-0.2, -0.15) is 0 Å². The molecule has 0 amide bonds. The number of thiophene rings is 1. The van der Waals surface area contributed by atoms with Crippen molar-refractivity contribution in [3.8, 4) is 0 Å². The molecule has 0 N–H and O–H groups in total. The van der Waals surface area contributed by atoms with E-state index < -0.39 is 0 Å². The van der Waals surface area contributed by atoms with Gasteiger partial charge >= 0.3 is 0 Å². The molecule has 1 aromatic heterocycles. The highest BCUT2D eigenvalue weighted by Gasteiger charge is 2.04. The second-order valence-electron chi connectivity index (χ2n) is 3.78. The van der Waals surface area contributed by atoms with Crippen LogP contribution in [0.25, 0.3) is 0 Å². The smallest absolute Gasteiger partial charge is 0.137 e. The molecular formula is C14H14OS. The maximum absolute atomic E-state index is 11.7. The fraction of sp³-hybridized carbons (Fsp3) is 0.214. The molecule has 1 aromatic carbocycles. The SMILES string of the molecule is O=C(CCc1cccs1)Cc1ccccc1. The Morgan fingerprint density at radius 1 is 1.06 bits per heavy atom. The zero-order chi connectivity index (χ0) is 11.2. The highest BCUT2D eigenvalue weighted by molar-refractivity contribution is 7.09. The van der Waals surface area contributed by atoms with Gasteiger partial charge in [-0.25, -0.2) is 0 Å². The van der Waals surface area contributed by atoms with Crippen LogP contribution in [0.3, 0.4) is 0 Å². The second kappa shape index (κ2) is 5.61. The molecule has 0 saturated heterocycles. The zero-order valence-corrected chi connectivity index (χ0v) is 9.87. The molecule has 0 aliphatic rings. The van der Waals surface area contributed by atoms with Crippen molar-refractivity contribution in [3.63, 3.8) is 0 Å². The van der Waals surface area contributed by atoms with Gasteiger partial charge in [-0.1, -0.05) is 36.4 Å². The number of hydrogen-bond donors (Lipinski definition) is 0. The fourth-order valence-electron chi connectivity index (χ4n) is 1.63. The topological polar surface area (TPSA) is 17.1 Å². The molecule has 0 unspecified atom stereocenters. The molecule has 0 aliphatic heterocycles. The Balaban J connectivity index is 1.81. The summed E-state index contributed by atoms with van der Waals surface area (Å²) in [6.07, 6.45) is 2.09. The first-order chi connectivity index (χ1) is 7.84. The number of benzene rings is 1. The lowest BCUT2D eigenvalue weighted by Crippen LogP contribution is -2.03. The number of carbonyl (C=O) groups is 1. The summed E-state index contributed by atoms with van der Waals surface area (Å²) in [6.45, 7) is 0. The number of ketones is 1. The summed E-state index contributed by atoms with van der Waals surface area (Å²) in [4.78, 5) is 13.0. The summed E-state index contributed by atoms with van der Waals surface area (Å²) in [5, 5.41) is 2.05. The number of hydrogen-bond acceptors (Lipinski definition) is 2. The molecule has 0 bridgehead atoms. The van der Waals surface area contributed by atoms with Crippen LogP contribution in [0.15, 0.2) is 47.8 Å². The van der Waals surface area contributed by atoms with Gasteiger partial charge < -0.3 is 0 Å². The lowest BCUT2D eigenvalue weighted by Gasteiger charge is -2.00. The van der Waals surface area contributed by atoms with Crippen LogP contribution in [0.4, 0.5) is 0 Å². The van der Waals surface area contributed by atoms with Gasteiger partial charge in [-0.3, -0.25) is 4.79 Å². The number of rotatable bonds is 5. The van der Waals surface area contributed by atoms with Gasteiger partial charge in [0.1, 0.15) is 5.78 Å². The maximum atomic E-state index is 11.7. The van der Waals surface area contributed by atoms with Crippen LogP contribution in [-0.4, -0.2) is 5.78 Å². The lowest BCUT2D eigenvalue weighted by atomic mass is 10.1. The van der Waals surface area contributed by atoms with Crippen LogP contribution >= 0.6 is 11.3 Å². The van der Waals surface area contributed by atoms with Crippen LogP contribution in [-0.2, 0) is 17.6 Å². The van der Waals surface area contributed by atoms with Crippen molar-refractivity contribution in [2.75, 3.05) is 0 Å². The van der Waals surface area contributed by atoms with E-state index in [4.69, 9.17) is 0 Å². The molecule has 0 saturated carbocycles. The van der Waals surface area contributed by atoms with E-state index in [2.05, 4.69) is 11.4 Å². The molecule has 1 heterocycles. The standard InChI is InChI=1S/C14H14OS/c15-13(8-9-14-7-4-10-16-14)11-12-5-2-1-3-6-12/h1-7,10H,8-9,11H2. The first-order valence-corrected chi connectivity index (χ1v) is 6.30. The Labute approximate surface area is 99.8 Å².